The molecule has 3 heteroatoms. The molecule has 0 amide bonds. The molecule has 8 heavy (non-hydrogen) atoms. The van der Waals surface area contributed by atoms with Crippen molar-refractivity contribution in [2.75, 3.05) is 0 Å². The van der Waals surface area contributed by atoms with Crippen LogP contribution in [0, 0.1) is 0 Å². The summed E-state index contributed by atoms with van der Waals surface area (Å²) < 4.78 is 0. The Balaban J connectivity index is 2.87. The highest BCUT2D eigenvalue weighted by atomic mass is 35.5. The van der Waals surface area contributed by atoms with Gasteiger partial charge in [0.15, 0.2) is 0 Å². The SMILES string of the molecule is CC1(C)N=NC=C1Cl. The van der Waals surface area contributed by atoms with Crippen molar-refractivity contribution in [2.45, 2.75) is 19.4 Å². The molecule has 1 aliphatic heterocycles. The van der Waals surface area contributed by atoms with Crippen LogP contribution in [0.2, 0.25) is 0 Å². The van der Waals surface area contributed by atoms with Crippen LogP contribution >= 0.6 is 11.6 Å². The van der Waals surface area contributed by atoms with Crippen LogP contribution in [0.25, 0.3) is 0 Å². The first-order valence-corrected chi connectivity index (χ1v) is 2.79. The molecular formula is C5H7ClN2. The Morgan fingerprint density at radius 1 is 1.62 bits per heavy atom. The lowest BCUT2D eigenvalue weighted by molar-refractivity contribution is 0.633. The summed E-state index contributed by atoms with van der Waals surface area (Å²) in [5, 5.41) is 8.20. The van der Waals surface area contributed by atoms with Gasteiger partial charge < -0.3 is 0 Å². The van der Waals surface area contributed by atoms with Gasteiger partial charge in [-0.3, -0.25) is 0 Å². The molecule has 0 atom stereocenters. The van der Waals surface area contributed by atoms with Crippen molar-refractivity contribution in [2.24, 2.45) is 10.2 Å². The van der Waals surface area contributed by atoms with Crippen molar-refractivity contribution in [1.29, 1.82) is 0 Å². The number of halogens is 1. The van der Waals surface area contributed by atoms with Gasteiger partial charge in [-0.1, -0.05) is 11.6 Å². The van der Waals surface area contributed by atoms with Crippen LogP contribution < -0.4 is 0 Å². The van der Waals surface area contributed by atoms with Gasteiger partial charge in [-0.15, -0.1) is 0 Å². The minimum Gasteiger partial charge on any atom is -0.177 e. The van der Waals surface area contributed by atoms with Gasteiger partial charge in [-0.2, -0.15) is 10.2 Å². The fourth-order valence-corrected chi connectivity index (χ4v) is 0.511. The molecule has 0 saturated carbocycles. The maximum absolute atomic E-state index is 5.68. The molecule has 0 fully saturated rings. The van der Waals surface area contributed by atoms with Crippen LogP contribution in [0.3, 0.4) is 0 Å². The molecular weight excluding hydrogens is 124 g/mol. The zero-order chi connectivity index (χ0) is 6.20. The van der Waals surface area contributed by atoms with Gasteiger partial charge in [-0.25, -0.2) is 0 Å². The van der Waals surface area contributed by atoms with E-state index in [0.717, 1.165) is 0 Å². The van der Waals surface area contributed by atoms with E-state index in [9.17, 15) is 0 Å². The summed E-state index contributed by atoms with van der Waals surface area (Å²) in [5.41, 5.74) is -0.262. The average Bonchev–Trinajstić information content (AvgIpc) is 1.86. The van der Waals surface area contributed by atoms with Gasteiger partial charge in [0.2, 0.25) is 0 Å². The predicted molar refractivity (Wildman–Crippen MR) is 32.9 cm³/mol. The lowest BCUT2D eigenvalue weighted by Gasteiger charge is -2.09. The van der Waals surface area contributed by atoms with Gasteiger partial charge in [-0.05, 0) is 13.8 Å². The second kappa shape index (κ2) is 1.55. The quantitative estimate of drug-likeness (QED) is 0.481. The maximum Gasteiger partial charge on any atom is 0.113 e. The summed E-state index contributed by atoms with van der Waals surface area (Å²) in [6, 6.07) is 0. The normalized spacial score (nSPS) is 23.6. The van der Waals surface area contributed by atoms with E-state index >= 15 is 0 Å². The fourth-order valence-electron chi connectivity index (χ4n) is 0.430. The molecule has 1 rings (SSSR count). The van der Waals surface area contributed by atoms with E-state index < -0.39 is 0 Å². The molecule has 0 aliphatic carbocycles. The first-order chi connectivity index (χ1) is 3.63. The standard InChI is InChI=1S/C5H7ClN2/c1-5(2)4(6)3-7-8-5/h3H,1-2H3. The second-order valence-corrected chi connectivity index (χ2v) is 2.66. The Morgan fingerprint density at radius 2 is 2.25 bits per heavy atom. The summed E-state index contributed by atoms with van der Waals surface area (Å²) in [4.78, 5) is 0. The van der Waals surface area contributed by atoms with E-state index in [0.29, 0.717) is 5.03 Å². The highest BCUT2D eigenvalue weighted by Crippen LogP contribution is 2.28. The lowest BCUT2D eigenvalue weighted by Crippen LogP contribution is -2.12. The summed E-state index contributed by atoms with van der Waals surface area (Å²) in [5.74, 6) is 0. The van der Waals surface area contributed by atoms with Crippen LogP contribution in [0.15, 0.2) is 21.5 Å². The molecule has 1 aliphatic rings. The fraction of sp³-hybridized carbons (Fsp3) is 0.600. The van der Waals surface area contributed by atoms with E-state index in [1.807, 2.05) is 13.8 Å². The number of hydrogen-bond donors (Lipinski definition) is 0. The van der Waals surface area contributed by atoms with Crippen molar-refractivity contribution >= 4 is 11.6 Å². The number of nitrogens with zero attached hydrogens (tertiary/aromatic N) is 2. The van der Waals surface area contributed by atoms with Gasteiger partial charge in [0.05, 0.1) is 11.2 Å². The zero-order valence-corrected chi connectivity index (χ0v) is 5.61. The monoisotopic (exact) mass is 130 g/mol. The number of hydrogen-bond acceptors (Lipinski definition) is 2. The topological polar surface area (TPSA) is 24.7 Å². The van der Waals surface area contributed by atoms with E-state index in [1.54, 1.807) is 6.20 Å². The van der Waals surface area contributed by atoms with Crippen LogP contribution in [0.1, 0.15) is 13.8 Å². The molecule has 0 unspecified atom stereocenters. The Kier molecular flexibility index (Phi) is 1.12. The smallest absolute Gasteiger partial charge is 0.113 e. The summed E-state index contributed by atoms with van der Waals surface area (Å²) in [6.45, 7) is 3.84. The first kappa shape index (κ1) is 5.76. The Hall–Kier alpha value is -0.370. The van der Waals surface area contributed by atoms with E-state index in [4.69, 9.17) is 11.6 Å². The molecule has 0 saturated heterocycles. The van der Waals surface area contributed by atoms with Gasteiger partial charge in [0.1, 0.15) is 5.54 Å². The molecule has 0 aromatic rings. The molecule has 0 spiro atoms. The molecule has 1 heterocycles. The Morgan fingerprint density at radius 3 is 2.38 bits per heavy atom. The maximum atomic E-state index is 5.68. The van der Waals surface area contributed by atoms with E-state index in [2.05, 4.69) is 10.2 Å². The molecule has 0 bridgehead atoms. The summed E-state index contributed by atoms with van der Waals surface area (Å²) >= 11 is 5.68. The molecule has 44 valence electrons. The predicted octanol–water partition coefficient (Wildman–Crippen LogP) is 2.31. The first-order valence-electron chi connectivity index (χ1n) is 2.41. The van der Waals surface area contributed by atoms with Crippen LogP contribution in [0.4, 0.5) is 0 Å². The number of rotatable bonds is 0. The minimum atomic E-state index is -0.262. The van der Waals surface area contributed by atoms with E-state index in [1.165, 1.54) is 0 Å². The third kappa shape index (κ3) is 0.757. The highest BCUT2D eigenvalue weighted by Gasteiger charge is 2.24. The van der Waals surface area contributed by atoms with Crippen LogP contribution in [0.5, 0.6) is 0 Å². The van der Waals surface area contributed by atoms with Gasteiger partial charge in [0, 0.05) is 0 Å². The lowest BCUT2D eigenvalue weighted by atomic mass is 10.1. The van der Waals surface area contributed by atoms with Crippen molar-refractivity contribution in [1.82, 2.24) is 0 Å². The third-order valence-corrected chi connectivity index (χ3v) is 1.62. The average molecular weight is 131 g/mol. The van der Waals surface area contributed by atoms with Crippen molar-refractivity contribution in [3.63, 3.8) is 0 Å². The highest BCUT2D eigenvalue weighted by molar-refractivity contribution is 6.30. The molecule has 0 aromatic heterocycles. The molecule has 0 radical (unpaired) electrons. The molecule has 2 nitrogen and oxygen atoms in total. The van der Waals surface area contributed by atoms with Crippen molar-refractivity contribution in [3.05, 3.63) is 11.2 Å². The minimum absolute atomic E-state index is 0.262. The third-order valence-electron chi connectivity index (χ3n) is 1.06. The summed E-state index contributed by atoms with van der Waals surface area (Å²) in [7, 11) is 0. The van der Waals surface area contributed by atoms with E-state index in [-0.39, 0.29) is 5.54 Å². The number of azo groups is 1. The van der Waals surface area contributed by atoms with Gasteiger partial charge in [0.25, 0.3) is 0 Å². The second-order valence-electron chi connectivity index (χ2n) is 2.25. The van der Waals surface area contributed by atoms with Crippen LogP contribution in [-0.4, -0.2) is 5.54 Å². The molecule has 0 aromatic carbocycles. The Labute approximate surface area is 53.3 Å². The van der Waals surface area contributed by atoms with Crippen molar-refractivity contribution in [3.8, 4) is 0 Å². The Bertz CT molecular complexity index is 158. The zero-order valence-electron chi connectivity index (χ0n) is 4.85. The molecule has 0 N–H and O–H groups in total. The largest absolute Gasteiger partial charge is 0.177 e. The van der Waals surface area contributed by atoms with Gasteiger partial charge >= 0.3 is 0 Å². The summed E-state index contributed by atoms with van der Waals surface area (Å²) in [6.07, 6.45) is 1.57. The van der Waals surface area contributed by atoms with Crippen LogP contribution in [-0.2, 0) is 0 Å². The van der Waals surface area contributed by atoms with Crippen molar-refractivity contribution < 1.29 is 0 Å².